The summed E-state index contributed by atoms with van der Waals surface area (Å²) in [4.78, 5) is 0. The Morgan fingerprint density at radius 3 is 1.38 bits per heavy atom. The fraction of sp³-hybridized carbons (Fsp3) is 0.952. The minimum atomic E-state index is 0.830. The molecule has 0 heteroatoms. The van der Waals surface area contributed by atoms with Gasteiger partial charge in [-0.3, -0.25) is 0 Å². The van der Waals surface area contributed by atoms with Gasteiger partial charge in [0.25, 0.3) is 0 Å². The van der Waals surface area contributed by atoms with E-state index in [1.54, 1.807) is 0 Å². The summed E-state index contributed by atoms with van der Waals surface area (Å²) in [5.74, 6) is 4.61. The van der Waals surface area contributed by atoms with Crippen molar-refractivity contribution in [2.45, 2.75) is 112 Å². The molecule has 0 aliphatic carbocycles. The maximum absolute atomic E-state index is 2.47. The first-order valence-electron chi connectivity index (χ1n) is 9.97. The highest BCUT2D eigenvalue weighted by Crippen LogP contribution is 2.36. The Hall–Kier alpha value is 0. The number of hydrogen-bond donors (Lipinski definition) is 0. The van der Waals surface area contributed by atoms with Crippen LogP contribution in [-0.4, -0.2) is 0 Å². The molecule has 0 aliphatic rings. The highest BCUT2D eigenvalue weighted by atomic mass is 14.3. The van der Waals surface area contributed by atoms with Gasteiger partial charge in [0.15, 0.2) is 0 Å². The molecule has 0 fully saturated rings. The standard InChI is InChI=1S/C21H43/c1-7-12-14-19(10-4)16-21(18(6)9-3)17-20(11-5)15-13-8-2/h18-20H,7-17H2,1-6H3. The summed E-state index contributed by atoms with van der Waals surface area (Å²) in [6.07, 6.45) is 15.3. The van der Waals surface area contributed by atoms with Crippen LogP contribution < -0.4 is 0 Å². The van der Waals surface area contributed by atoms with Crippen LogP contribution in [0, 0.1) is 23.7 Å². The topological polar surface area (TPSA) is 0 Å². The van der Waals surface area contributed by atoms with Crippen LogP contribution in [0.5, 0.6) is 0 Å². The summed E-state index contributed by atoms with van der Waals surface area (Å²) in [7, 11) is 0. The average Bonchev–Trinajstić information content (AvgIpc) is 2.52. The first kappa shape index (κ1) is 21.0. The Labute approximate surface area is 136 Å². The molecule has 1 radical (unpaired) electrons. The Balaban J connectivity index is 4.53. The van der Waals surface area contributed by atoms with Crippen molar-refractivity contribution in [3.05, 3.63) is 5.92 Å². The van der Waals surface area contributed by atoms with Gasteiger partial charge in [0.2, 0.25) is 0 Å². The van der Waals surface area contributed by atoms with Crippen LogP contribution in [0.3, 0.4) is 0 Å². The first-order valence-corrected chi connectivity index (χ1v) is 9.97. The van der Waals surface area contributed by atoms with Gasteiger partial charge in [-0.25, -0.2) is 0 Å². The van der Waals surface area contributed by atoms with Crippen LogP contribution in [0.25, 0.3) is 0 Å². The SMILES string of the molecule is CCCCC(CC)C[C](CC(CC)CCCC)C(C)CC. The summed E-state index contributed by atoms with van der Waals surface area (Å²) in [6, 6.07) is 0. The third-order valence-electron chi connectivity index (χ3n) is 5.50. The van der Waals surface area contributed by atoms with E-state index in [0.29, 0.717) is 0 Å². The fourth-order valence-electron chi connectivity index (χ4n) is 3.40. The maximum atomic E-state index is 2.47. The predicted octanol–water partition coefficient (Wildman–Crippen LogP) is 7.82. The molecule has 0 rings (SSSR count). The molecule has 0 aromatic rings. The average molecular weight is 296 g/mol. The lowest BCUT2D eigenvalue weighted by molar-refractivity contribution is 0.333. The van der Waals surface area contributed by atoms with E-state index < -0.39 is 0 Å². The Bertz CT molecular complexity index is 190. The summed E-state index contributed by atoms with van der Waals surface area (Å²) < 4.78 is 0. The third-order valence-corrected chi connectivity index (χ3v) is 5.50. The molecule has 0 nitrogen and oxygen atoms in total. The molecule has 0 heterocycles. The molecule has 3 atom stereocenters. The normalized spacial score (nSPS) is 16.1. The van der Waals surface area contributed by atoms with Crippen LogP contribution in [0.15, 0.2) is 0 Å². The lowest BCUT2D eigenvalue weighted by Gasteiger charge is -2.30. The van der Waals surface area contributed by atoms with Crippen molar-refractivity contribution in [3.8, 4) is 0 Å². The van der Waals surface area contributed by atoms with Crippen LogP contribution in [-0.2, 0) is 0 Å². The van der Waals surface area contributed by atoms with E-state index in [1.807, 2.05) is 5.92 Å². The summed E-state index contributed by atoms with van der Waals surface area (Å²) in [5, 5.41) is 0. The third kappa shape index (κ3) is 9.59. The van der Waals surface area contributed by atoms with E-state index in [9.17, 15) is 0 Å². The zero-order valence-electron chi connectivity index (χ0n) is 16.0. The zero-order chi connectivity index (χ0) is 16.1. The van der Waals surface area contributed by atoms with Crippen LogP contribution in [0.4, 0.5) is 0 Å². The molecule has 127 valence electrons. The second kappa shape index (κ2) is 13.6. The molecule has 0 aliphatic heterocycles. The monoisotopic (exact) mass is 295 g/mol. The van der Waals surface area contributed by atoms with Crippen molar-refractivity contribution >= 4 is 0 Å². The summed E-state index contributed by atoms with van der Waals surface area (Å²) >= 11 is 0. The van der Waals surface area contributed by atoms with Crippen LogP contribution in [0.2, 0.25) is 0 Å². The van der Waals surface area contributed by atoms with Gasteiger partial charge >= 0.3 is 0 Å². The molecular formula is C21H43. The fourth-order valence-corrected chi connectivity index (χ4v) is 3.40. The molecule has 0 aromatic carbocycles. The highest BCUT2D eigenvalue weighted by Gasteiger charge is 2.23. The van der Waals surface area contributed by atoms with Crippen molar-refractivity contribution in [2.24, 2.45) is 17.8 Å². The zero-order valence-corrected chi connectivity index (χ0v) is 16.0. The van der Waals surface area contributed by atoms with E-state index in [2.05, 4.69) is 41.5 Å². The molecule has 0 N–H and O–H groups in total. The summed E-state index contributed by atoms with van der Waals surface area (Å²) in [5.41, 5.74) is 0. The largest absolute Gasteiger partial charge is 0.0654 e. The van der Waals surface area contributed by atoms with Crippen molar-refractivity contribution in [1.82, 2.24) is 0 Å². The van der Waals surface area contributed by atoms with Gasteiger partial charge in [-0.2, -0.15) is 0 Å². The van der Waals surface area contributed by atoms with Crippen molar-refractivity contribution in [1.29, 1.82) is 0 Å². The second-order valence-corrected chi connectivity index (χ2v) is 7.21. The first-order chi connectivity index (χ1) is 10.1. The number of rotatable bonds is 14. The Kier molecular flexibility index (Phi) is 13.6. The molecule has 0 spiro atoms. The molecule has 0 saturated carbocycles. The van der Waals surface area contributed by atoms with Gasteiger partial charge in [0, 0.05) is 0 Å². The van der Waals surface area contributed by atoms with Crippen molar-refractivity contribution in [2.75, 3.05) is 0 Å². The van der Waals surface area contributed by atoms with E-state index in [1.165, 1.54) is 70.6 Å². The Morgan fingerprint density at radius 2 is 1.10 bits per heavy atom. The van der Waals surface area contributed by atoms with Crippen LogP contribution >= 0.6 is 0 Å². The number of unbranched alkanes of at least 4 members (excludes halogenated alkanes) is 2. The van der Waals surface area contributed by atoms with E-state index in [0.717, 1.165) is 17.8 Å². The van der Waals surface area contributed by atoms with Gasteiger partial charge in [0.05, 0.1) is 0 Å². The minimum absolute atomic E-state index is 0.830. The van der Waals surface area contributed by atoms with E-state index >= 15 is 0 Å². The molecular weight excluding hydrogens is 252 g/mol. The van der Waals surface area contributed by atoms with Gasteiger partial charge in [0.1, 0.15) is 0 Å². The van der Waals surface area contributed by atoms with Crippen molar-refractivity contribution < 1.29 is 0 Å². The lowest BCUT2D eigenvalue weighted by atomic mass is 9.75. The van der Waals surface area contributed by atoms with Gasteiger partial charge in [-0.05, 0) is 36.5 Å². The molecule has 21 heavy (non-hydrogen) atoms. The van der Waals surface area contributed by atoms with Gasteiger partial charge in [-0.1, -0.05) is 99.3 Å². The van der Waals surface area contributed by atoms with Crippen LogP contribution in [0.1, 0.15) is 112 Å². The van der Waals surface area contributed by atoms with Gasteiger partial charge < -0.3 is 0 Å². The van der Waals surface area contributed by atoms with E-state index in [4.69, 9.17) is 0 Å². The highest BCUT2D eigenvalue weighted by molar-refractivity contribution is 4.97. The number of hydrogen-bond acceptors (Lipinski definition) is 0. The molecule has 3 unspecified atom stereocenters. The van der Waals surface area contributed by atoms with E-state index in [-0.39, 0.29) is 0 Å². The van der Waals surface area contributed by atoms with Crippen molar-refractivity contribution in [3.63, 3.8) is 0 Å². The maximum Gasteiger partial charge on any atom is -0.0207 e. The second-order valence-electron chi connectivity index (χ2n) is 7.21. The summed E-state index contributed by atoms with van der Waals surface area (Å²) in [6.45, 7) is 14.3. The quantitative estimate of drug-likeness (QED) is 0.306. The predicted molar refractivity (Wildman–Crippen MR) is 98.5 cm³/mol. The minimum Gasteiger partial charge on any atom is -0.0654 e. The molecule has 0 bridgehead atoms. The lowest BCUT2D eigenvalue weighted by Crippen LogP contribution is -2.17. The Morgan fingerprint density at radius 1 is 0.667 bits per heavy atom. The van der Waals surface area contributed by atoms with Gasteiger partial charge in [-0.15, -0.1) is 0 Å². The molecule has 0 aromatic heterocycles. The molecule has 0 saturated heterocycles. The molecule has 0 amide bonds. The smallest absolute Gasteiger partial charge is 0.0207 e.